The first-order valence-electron chi connectivity index (χ1n) is 7.25. The first-order chi connectivity index (χ1) is 11.4. The van der Waals surface area contributed by atoms with Crippen LogP contribution < -0.4 is 0 Å². The van der Waals surface area contributed by atoms with Gasteiger partial charge in [0.1, 0.15) is 0 Å². The molecular weight excluding hydrogens is 288 g/mol. The molecule has 0 aromatic carbocycles. The van der Waals surface area contributed by atoms with Crippen molar-refractivity contribution in [2.45, 2.75) is 5.66 Å². The van der Waals surface area contributed by atoms with E-state index in [1.54, 1.807) is 24.8 Å². The molecule has 6 heteroatoms. The molecule has 0 spiro atoms. The molecule has 4 rings (SSSR count). The minimum Gasteiger partial charge on any atom is -0.256 e. The van der Waals surface area contributed by atoms with Crippen LogP contribution in [0, 0.1) is 0 Å². The van der Waals surface area contributed by atoms with Crippen LogP contribution in [0.2, 0.25) is 0 Å². The number of hydrogen-bond acceptors (Lipinski definition) is 4. The van der Waals surface area contributed by atoms with Gasteiger partial charge < -0.3 is 0 Å². The Kier molecular flexibility index (Phi) is 3.20. The fourth-order valence-electron chi connectivity index (χ4n) is 2.76. The zero-order valence-electron chi connectivity index (χ0n) is 12.3. The van der Waals surface area contributed by atoms with Crippen molar-refractivity contribution in [2.24, 2.45) is 0 Å². The smallest absolute Gasteiger partial charge is 0.238 e. The van der Waals surface area contributed by atoms with E-state index in [1.807, 2.05) is 70.3 Å². The molecule has 0 amide bonds. The van der Waals surface area contributed by atoms with Gasteiger partial charge >= 0.3 is 0 Å². The standard InChI is InChI=1S/C17H14N6/c1-3-9-18-15(7-1)17(22-13-5-11-20-22,23-14-6-12-21-23)16-8-2-4-10-19-16/h1-14H. The summed E-state index contributed by atoms with van der Waals surface area (Å²) in [6, 6.07) is 15.3. The maximum absolute atomic E-state index is 4.58. The lowest BCUT2D eigenvalue weighted by Gasteiger charge is -2.33. The average Bonchev–Trinajstić information content (AvgIpc) is 3.32. The van der Waals surface area contributed by atoms with Gasteiger partial charge in [-0.05, 0) is 36.4 Å². The Labute approximate surface area is 133 Å². The number of aromatic nitrogens is 6. The van der Waals surface area contributed by atoms with E-state index in [4.69, 9.17) is 0 Å². The summed E-state index contributed by atoms with van der Waals surface area (Å²) < 4.78 is 3.65. The van der Waals surface area contributed by atoms with Crippen LogP contribution in [0.4, 0.5) is 0 Å². The van der Waals surface area contributed by atoms with Crippen molar-refractivity contribution in [2.75, 3.05) is 0 Å². The molecule has 4 heterocycles. The largest absolute Gasteiger partial charge is 0.256 e. The van der Waals surface area contributed by atoms with Crippen molar-refractivity contribution in [3.8, 4) is 0 Å². The predicted octanol–water partition coefficient (Wildman–Crippen LogP) is 2.17. The molecule has 0 radical (unpaired) electrons. The average molecular weight is 302 g/mol. The van der Waals surface area contributed by atoms with E-state index in [0.717, 1.165) is 11.4 Å². The minimum atomic E-state index is -0.879. The second-order valence-corrected chi connectivity index (χ2v) is 5.00. The van der Waals surface area contributed by atoms with Gasteiger partial charge in [-0.1, -0.05) is 12.1 Å². The second-order valence-electron chi connectivity index (χ2n) is 5.00. The summed E-state index contributed by atoms with van der Waals surface area (Å²) in [6.45, 7) is 0. The lowest BCUT2D eigenvalue weighted by Crippen LogP contribution is -2.45. The number of nitrogens with zero attached hydrogens (tertiary/aromatic N) is 6. The summed E-state index contributed by atoms with van der Waals surface area (Å²) in [7, 11) is 0. The molecule has 0 aliphatic heterocycles. The van der Waals surface area contributed by atoms with Crippen LogP contribution in [0.3, 0.4) is 0 Å². The highest BCUT2D eigenvalue weighted by atomic mass is 15.5. The Morgan fingerprint density at radius 3 is 1.48 bits per heavy atom. The van der Waals surface area contributed by atoms with E-state index in [0.29, 0.717) is 0 Å². The number of pyridine rings is 2. The fraction of sp³-hybridized carbons (Fsp3) is 0.0588. The Bertz CT molecular complexity index is 778. The Morgan fingerprint density at radius 1 is 0.609 bits per heavy atom. The van der Waals surface area contributed by atoms with Crippen LogP contribution in [0.5, 0.6) is 0 Å². The van der Waals surface area contributed by atoms with Crippen LogP contribution in [0.25, 0.3) is 0 Å². The van der Waals surface area contributed by atoms with Crippen LogP contribution in [0.1, 0.15) is 11.4 Å². The first-order valence-corrected chi connectivity index (χ1v) is 7.25. The molecule has 0 bridgehead atoms. The highest BCUT2D eigenvalue weighted by molar-refractivity contribution is 5.31. The third kappa shape index (κ3) is 2.03. The zero-order valence-corrected chi connectivity index (χ0v) is 12.3. The van der Waals surface area contributed by atoms with Gasteiger partial charge in [-0.3, -0.25) is 9.97 Å². The van der Waals surface area contributed by atoms with Crippen LogP contribution in [-0.4, -0.2) is 29.5 Å². The third-order valence-electron chi connectivity index (χ3n) is 3.72. The second kappa shape index (κ2) is 5.49. The van der Waals surface area contributed by atoms with Crippen LogP contribution in [0.15, 0.2) is 85.7 Å². The van der Waals surface area contributed by atoms with E-state index in [2.05, 4.69) is 20.2 Å². The molecule has 0 saturated carbocycles. The van der Waals surface area contributed by atoms with E-state index >= 15 is 0 Å². The molecule has 0 aliphatic carbocycles. The predicted molar refractivity (Wildman–Crippen MR) is 84.5 cm³/mol. The summed E-state index contributed by atoms with van der Waals surface area (Å²) in [4.78, 5) is 9.16. The van der Waals surface area contributed by atoms with Gasteiger partial charge in [0.25, 0.3) is 0 Å². The van der Waals surface area contributed by atoms with Gasteiger partial charge in [-0.15, -0.1) is 0 Å². The molecule has 0 fully saturated rings. The lowest BCUT2D eigenvalue weighted by atomic mass is 10.00. The monoisotopic (exact) mass is 302 g/mol. The van der Waals surface area contributed by atoms with Crippen molar-refractivity contribution < 1.29 is 0 Å². The van der Waals surface area contributed by atoms with Gasteiger partial charge in [0.05, 0.1) is 11.4 Å². The quantitative estimate of drug-likeness (QED) is 0.579. The van der Waals surface area contributed by atoms with E-state index in [-0.39, 0.29) is 0 Å². The van der Waals surface area contributed by atoms with E-state index in [1.165, 1.54) is 0 Å². The molecule has 4 aromatic heterocycles. The SMILES string of the molecule is c1ccc(C(c2ccccn2)(n2cccn2)n2cccn2)nc1. The first kappa shape index (κ1) is 13.4. The molecule has 6 nitrogen and oxygen atoms in total. The molecule has 0 aliphatic rings. The van der Waals surface area contributed by atoms with Gasteiger partial charge in [0.2, 0.25) is 5.66 Å². The summed E-state index contributed by atoms with van der Waals surface area (Å²) in [5.41, 5.74) is 0.687. The zero-order chi connectivity index (χ0) is 15.5. The molecule has 112 valence electrons. The van der Waals surface area contributed by atoms with Gasteiger partial charge in [0, 0.05) is 37.2 Å². The fourth-order valence-corrected chi connectivity index (χ4v) is 2.76. The third-order valence-corrected chi connectivity index (χ3v) is 3.72. The van der Waals surface area contributed by atoms with Crippen LogP contribution >= 0.6 is 0 Å². The van der Waals surface area contributed by atoms with Crippen molar-refractivity contribution in [1.82, 2.24) is 29.5 Å². The van der Waals surface area contributed by atoms with Gasteiger partial charge in [-0.25, -0.2) is 9.36 Å². The Balaban J connectivity index is 2.11. The van der Waals surface area contributed by atoms with Gasteiger partial charge in [-0.2, -0.15) is 10.2 Å². The maximum Gasteiger partial charge on any atom is 0.238 e. The van der Waals surface area contributed by atoms with Crippen molar-refractivity contribution in [3.63, 3.8) is 0 Å². The number of hydrogen-bond donors (Lipinski definition) is 0. The van der Waals surface area contributed by atoms with Gasteiger partial charge in [0.15, 0.2) is 0 Å². The summed E-state index contributed by atoms with van der Waals surface area (Å²) in [6.07, 6.45) is 10.8. The highest BCUT2D eigenvalue weighted by Crippen LogP contribution is 2.32. The van der Waals surface area contributed by atoms with Crippen molar-refractivity contribution in [3.05, 3.63) is 97.1 Å². The highest BCUT2D eigenvalue weighted by Gasteiger charge is 2.42. The molecule has 23 heavy (non-hydrogen) atoms. The summed E-state index contributed by atoms with van der Waals surface area (Å²) in [5, 5.41) is 8.95. The molecule has 0 N–H and O–H groups in total. The molecule has 0 saturated heterocycles. The topological polar surface area (TPSA) is 61.4 Å². The number of rotatable bonds is 4. The molecular formula is C17H14N6. The molecule has 0 unspecified atom stereocenters. The van der Waals surface area contributed by atoms with E-state index in [9.17, 15) is 0 Å². The lowest BCUT2D eigenvalue weighted by molar-refractivity contribution is 0.280. The maximum atomic E-state index is 4.58. The van der Waals surface area contributed by atoms with E-state index < -0.39 is 5.66 Å². The molecule has 0 atom stereocenters. The van der Waals surface area contributed by atoms with Crippen molar-refractivity contribution in [1.29, 1.82) is 0 Å². The molecule has 4 aromatic rings. The van der Waals surface area contributed by atoms with Crippen LogP contribution in [-0.2, 0) is 5.66 Å². The normalized spacial score (nSPS) is 11.5. The summed E-state index contributed by atoms with van der Waals surface area (Å²) >= 11 is 0. The Morgan fingerprint density at radius 2 is 1.13 bits per heavy atom. The Hall–Kier alpha value is -3.28. The summed E-state index contributed by atoms with van der Waals surface area (Å²) in [5.74, 6) is 0. The van der Waals surface area contributed by atoms with Crippen molar-refractivity contribution >= 4 is 0 Å². The minimum absolute atomic E-state index is 0.783.